The maximum absolute atomic E-state index is 12.5. The molecule has 24 heavy (non-hydrogen) atoms. The van der Waals surface area contributed by atoms with Crippen LogP contribution in [0.2, 0.25) is 0 Å². The van der Waals surface area contributed by atoms with Crippen LogP contribution in [-0.4, -0.2) is 23.7 Å². The first-order valence-corrected chi connectivity index (χ1v) is 8.22. The fourth-order valence-electron chi connectivity index (χ4n) is 2.98. The third kappa shape index (κ3) is 3.67. The van der Waals surface area contributed by atoms with E-state index in [0.717, 1.165) is 29.7 Å². The topological polar surface area (TPSA) is 63.2 Å². The molecule has 3 rings (SSSR count). The first-order chi connectivity index (χ1) is 11.6. The number of aromatic nitrogens is 1. The number of carbonyl (C=O) groups excluding carboxylic acids is 1. The minimum absolute atomic E-state index is 0.0766. The average molecular weight is 325 g/mol. The van der Waals surface area contributed by atoms with E-state index < -0.39 is 0 Å². The predicted octanol–water partition coefficient (Wildman–Crippen LogP) is 3.42. The van der Waals surface area contributed by atoms with E-state index >= 15 is 0 Å². The summed E-state index contributed by atoms with van der Waals surface area (Å²) in [7, 11) is 1.64. The Bertz CT molecular complexity index is 682. The van der Waals surface area contributed by atoms with Crippen LogP contribution in [0.5, 0.6) is 5.75 Å². The van der Waals surface area contributed by atoms with Gasteiger partial charge in [0, 0.05) is 17.9 Å². The van der Waals surface area contributed by atoms with E-state index in [1.807, 2.05) is 36.4 Å². The summed E-state index contributed by atoms with van der Waals surface area (Å²) in [5.41, 5.74) is 1.91. The number of methoxy groups -OCH3 is 1. The van der Waals surface area contributed by atoms with Crippen molar-refractivity contribution in [2.24, 2.45) is 0 Å². The Morgan fingerprint density at radius 2 is 1.75 bits per heavy atom. The van der Waals surface area contributed by atoms with Gasteiger partial charge in [0.25, 0.3) is 0 Å². The minimum atomic E-state index is -0.234. The predicted molar refractivity (Wildman–Crippen MR) is 93.0 cm³/mol. The van der Waals surface area contributed by atoms with Crippen molar-refractivity contribution in [3.8, 4) is 5.75 Å². The van der Waals surface area contributed by atoms with Crippen LogP contribution in [-0.2, 0) is 0 Å². The Morgan fingerprint density at radius 1 is 1.12 bits per heavy atom. The highest BCUT2D eigenvalue weighted by molar-refractivity contribution is 5.76. The van der Waals surface area contributed by atoms with E-state index in [1.165, 1.54) is 6.42 Å². The summed E-state index contributed by atoms with van der Waals surface area (Å²) in [5.74, 6) is 0.790. The quantitative estimate of drug-likeness (QED) is 0.885. The zero-order chi connectivity index (χ0) is 17.0. The first kappa shape index (κ1) is 16.3. The van der Waals surface area contributed by atoms with Crippen molar-refractivity contribution >= 4 is 6.03 Å². The monoisotopic (exact) mass is 325 g/mol. The van der Waals surface area contributed by atoms with Crippen LogP contribution in [0.1, 0.15) is 43.4 Å². The van der Waals surface area contributed by atoms with Gasteiger partial charge in [0.1, 0.15) is 5.75 Å². The normalized spacial score (nSPS) is 16.6. The summed E-state index contributed by atoms with van der Waals surface area (Å²) in [6.07, 6.45) is 6.70. The second kappa shape index (κ2) is 6.91. The number of nitrogens with one attached hydrogen (secondary N) is 2. The number of pyridine rings is 1. The molecule has 1 heterocycles. The molecule has 0 bridgehead atoms. The lowest BCUT2D eigenvalue weighted by atomic mass is 9.79. The van der Waals surface area contributed by atoms with Gasteiger partial charge in [-0.25, -0.2) is 4.79 Å². The summed E-state index contributed by atoms with van der Waals surface area (Å²) >= 11 is 0. The fourth-order valence-corrected chi connectivity index (χ4v) is 2.98. The second-order valence-corrected chi connectivity index (χ2v) is 6.50. The highest BCUT2D eigenvalue weighted by Gasteiger charge is 2.33. The molecule has 0 aliphatic heterocycles. The minimum Gasteiger partial charge on any atom is -0.497 e. The number of nitrogens with zero attached hydrogens (tertiary/aromatic N) is 1. The molecule has 1 fully saturated rings. The van der Waals surface area contributed by atoms with Gasteiger partial charge < -0.3 is 15.4 Å². The third-order valence-electron chi connectivity index (χ3n) is 4.64. The van der Waals surface area contributed by atoms with Gasteiger partial charge in [-0.05, 0) is 61.6 Å². The highest BCUT2D eigenvalue weighted by atomic mass is 16.5. The lowest BCUT2D eigenvalue weighted by Gasteiger charge is -2.39. The molecular weight excluding hydrogens is 302 g/mol. The van der Waals surface area contributed by atoms with Gasteiger partial charge in [-0.2, -0.15) is 0 Å². The summed E-state index contributed by atoms with van der Waals surface area (Å²) in [5, 5.41) is 6.19. The SMILES string of the molecule is COc1ccc(C(NC(=O)NC2(C)CCC2)c2ccncc2)cc1. The van der Waals surface area contributed by atoms with Crippen molar-refractivity contribution < 1.29 is 9.53 Å². The van der Waals surface area contributed by atoms with E-state index in [4.69, 9.17) is 4.74 Å². The van der Waals surface area contributed by atoms with Gasteiger partial charge >= 0.3 is 6.03 Å². The molecule has 0 saturated heterocycles. The van der Waals surface area contributed by atoms with Crippen LogP contribution in [0.15, 0.2) is 48.8 Å². The summed E-state index contributed by atoms with van der Waals surface area (Å²) in [6.45, 7) is 2.09. The molecule has 2 amide bonds. The molecule has 1 aromatic heterocycles. The molecule has 1 aliphatic rings. The van der Waals surface area contributed by atoms with Gasteiger partial charge in [-0.1, -0.05) is 12.1 Å². The molecule has 5 nitrogen and oxygen atoms in total. The van der Waals surface area contributed by atoms with Crippen LogP contribution in [0.4, 0.5) is 4.79 Å². The standard InChI is InChI=1S/C19H23N3O2/c1-19(10-3-11-19)22-18(23)21-17(15-8-12-20-13-9-15)14-4-6-16(24-2)7-5-14/h4-9,12-13,17H,3,10-11H2,1-2H3,(H2,21,22,23). The molecule has 1 aliphatic carbocycles. The molecule has 1 saturated carbocycles. The van der Waals surface area contributed by atoms with Crippen LogP contribution in [0, 0.1) is 0 Å². The van der Waals surface area contributed by atoms with E-state index in [9.17, 15) is 4.79 Å². The van der Waals surface area contributed by atoms with Crippen molar-refractivity contribution in [3.05, 3.63) is 59.9 Å². The van der Waals surface area contributed by atoms with Gasteiger partial charge in [-0.3, -0.25) is 4.98 Å². The third-order valence-corrected chi connectivity index (χ3v) is 4.64. The van der Waals surface area contributed by atoms with Gasteiger partial charge in [-0.15, -0.1) is 0 Å². The second-order valence-electron chi connectivity index (χ2n) is 6.50. The molecule has 0 radical (unpaired) electrons. The molecule has 0 spiro atoms. The van der Waals surface area contributed by atoms with Crippen LogP contribution in [0.3, 0.4) is 0 Å². The largest absolute Gasteiger partial charge is 0.497 e. The first-order valence-electron chi connectivity index (χ1n) is 8.22. The van der Waals surface area contributed by atoms with Crippen molar-refractivity contribution in [2.75, 3.05) is 7.11 Å². The fraction of sp³-hybridized carbons (Fsp3) is 0.368. The van der Waals surface area contributed by atoms with E-state index in [-0.39, 0.29) is 17.6 Å². The number of rotatable bonds is 5. The number of carbonyl (C=O) groups is 1. The molecule has 1 atom stereocenters. The molecule has 126 valence electrons. The van der Waals surface area contributed by atoms with E-state index in [0.29, 0.717) is 0 Å². The van der Waals surface area contributed by atoms with Crippen molar-refractivity contribution in [1.29, 1.82) is 0 Å². The molecule has 2 N–H and O–H groups in total. The Kier molecular flexibility index (Phi) is 4.69. The van der Waals surface area contributed by atoms with E-state index in [2.05, 4.69) is 22.5 Å². The molecule has 1 unspecified atom stereocenters. The molecule has 1 aromatic carbocycles. The zero-order valence-electron chi connectivity index (χ0n) is 14.1. The van der Waals surface area contributed by atoms with Crippen LogP contribution >= 0.6 is 0 Å². The van der Waals surface area contributed by atoms with Crippen molar-refractivity contribution in [1.82, 2.24) is 15.6 Å². The van der Waals surface area contributed by atoms with Gasteiger partial charge in [0.2, 0.25) is 0 Å². The molecule has 5 heteroatoms. The Balaban J connectivity index is 1.80. The number of amides is 2. The number of hydrogen-bond acceptors (Lipinski definition) is 3. The average Bonchev–Trinajstić information content (AvgIpc) is 2.59. The highest BCUT2D eigenvalue weighted by Crippen LogP contribution is 2.31. The smallest absolute Gasteiger partial charge is 0.315 e. The maximum Gasteiger partial charge on any atom is 0.315 e. The summed E-state index contributed by atoms with van der Waals surface area (Å²) < 4.78 is 5.21. The zero-order valence-corrected chi connectivity index (χ0v) is 14.1. The van der Waals surface area contributed by atoms with Crippen LogP contribution < -0.4 is 15.4 Å². The number of ether oxygens (including phenoxy) is 1. The Hall–Kier alpha value is -2.56. The van der Waals surface area contributed by atoms with Gasteiger partial charge in [0.15, 0.2) is 0 Å². The lowest BCUT2D eigenvalue weighted by Crippen LogP contribution is -2.54. The number of urea groups is 1. The van der Waals surface area contributed by atoms with Crippen molar-refractivity contribution in [3.63, 3.8) is 0 Å². The lowest BCUT2D eigenvalue weighted by molar-refractivity contribution is 0.190. The summed E-state index contributed by atoms with van der Waals surface area (Å²) in [6, 6.07) is 11.2. The summed E-state index contributed by atoms with van der Waals surface area (Å²) in [4.78, 5) is 16.5. The number of hydrogen-bond donors (Lipinski definition) is 2. The van der Waals surface area contributed by atoms with Crippen LogP contribution in [0.25, 0.3) is 0 Å². The number of benzene rings is 1. The Morgan fingerprint density at radius 3 is 2.29 bits per heavy atom. The van der Waals surface area contributed by atoms with Crippen molar-refractivity contribution in [2.45, 2.75) is 37.8 Å². The van der Waals surface area contributed by atoms with Gasteiger partial charge in [0.05, 0.1) is 13.2 Å². The Labute approximate surface area is 142 Å². The maximum atomic E-state index is 12.5. The molecule has 2 aromatic rings. The van der Waals surface area contributed by atoms with E-state index in [1.54, 1.807) is 19.5 Å². The molecular formula is C19H23N3O2.